The third kappa shape index (κ3) is 7.93. The molecule has 0 aliphatic rings. The number of guanidine groups is 1. The first kappa shape index (κ1) is 24.0. The molecule has 0 unspecified atom stereocenters. The lowest BCUT2D eigenvalue weighted by atomic mass is 10.1. The average molecular weight is 499 g/mol. The first-order valence-electron chi connectivity index (χ1n) is 8.81. The molecule has 3 N–H and O–H groups in total. The summed E-state index contributed by atoms with van der Waals surface area (Å²) in [6.45, 7) is 7.16. The number of anilines is 1. The van der Waals surface area contributed by atoms with E-state index in [9.17, 15) is 0 Å². The normalized spacial score (nSPS) is 11.5. The number of hydrogen-bond acceptors (Lipinski definition) is 4. The molecule has 0 spiro atoms. The molecule has 0 bridgehead atoms. The highest BCUT2D eigenvalue weighted by molar-refractivity contribution is 14.0. The molecule has 0 aliphatic carbocycles. The Labute approximate surface area is 184 Å². The molecule has 2 aromatic rings. The summed E-state index contributed by atoms with van der Waals surface area (Å²) in [5, 5.41) is 3.06. The van der Waals surface area contributed by atoms with Gasteiger partial charge in [-0.3, -0.25) is 0 Å². The van der Waals surface area contributed by atoms with Gasteiger partial charge in [0.15, 0.2) is 5.96 Å². The number of methoxy groups -OCH3 is 2. The van der Waals surface area contributed by atoms with Crippen LogP contribution in [0.3, 0.4) is 0 Å². The fourth-order valence-corrected chi connectivity index (χ4v) is 2.38. The van der Waals surface area contributed by atoms with Crippen LogP contribution in [0.25, 0.3) is 0 Å². The van der Waals surface area contributed by atoms with Crippen molar-refractivity contribution in [3.8, 4) is 11.5 Å². The van der Waals surface area contributed by atoms with Gasteiger partial charge in [0.05, 0.1) is 38.7 Å². The van der Waals surface area contributed by atoms with Crippen LogP contribution in [0.5, 0.6) is 11.5 Å². The van der Waals surface area contributed by atoms with Gasteiger partial charge in [-0.1, -0.05) is 24.3 Å². The van der Waals surface area contributed by atoms with Gasteiger partial charge in [0.1, 0.15) is 11.5 Å². The molecule has 0 atom stereocenters. The topological polar surface area (TPSA) is 78.1 Å². The fraction of sp³-hybridized carbons (Fsp3) is 0.381. The maximum atomic E-state index is 6.04. The maximum Gasteiger partial charge on any atom is 0.193 e. The molecule has 0 heterocycles. The number of nitrogens with one attached hydrogen (secondary N) is 1. The lowest BCUT2D eigenvalue weighted by molar-refractivity contribution is -0.0149. The number of halogens is 1. The molecule has 0 saturated heterocycles. The van der Waals surface area contributed by atoms with E-state index >= 15 is 0 Å². The Bertz CT molecular complexity index is 789. The van der Waals surface area contributed by atoms with E-state index in [0.29, 0.717) is 36.3 Å². The van der Waals surface area contributed by atoms with Gasteiger partial charge in [-0.15, -0.1) is 24.0 Å². The van der Waals surface area contributed by atoms with E-state index in [1.54, 1.807) is 14.2 Å². The van der Waals surface area contributed by atoms with E-state index in [1.807, 2.05) is 57.2 Å². The van der Waals surface area contributed by atoms with Gasteiger partial charge >= 0.3 is 0 Å². The van der Waals surface area contributed by atoms with Crippen molar-refractivity contribution in [2.45, 2.75) is 39.5 Å². The van der Waals surface area contributed by atoms with E-state index in [0.717, 1.165) is 11.1 Å². The summed E-state index contributed by atoms with van der Waals surface area (Å²) >= 11 is 0. The maximum absolute atomic E-state index is 6.04. The van der Waals surface area contributed by atoms with Crippen LogP contribution in [0, 0.1) is 0 Å². The lowest BCUT2D eigenvalue weighted by Crippen LogP contribution is -2.23. The highest BCUT2D eigenvalue weighted by Crippen LogP contribution is 2.28. The summed E-state index contributed by atoms with van der Waals surface area (Å²) in [5.41, 5.74) is 8.74. The van der Waals surface area contributed by atoms with Crippen LogP contribution < -0.4 is 20.5 Å². The second-order valence-corrected chi connectivity index (χ2v) is 7.11. The minimum absolute atomic E-state index is 0. The minimum Gasteiger partial charge on any atom is -0.497 e. The van der Waals surface area contributed by atoms with Gasteiger partial charge in [0.2, 0.25) is 0 Å². The minimum atomic E-state index is -0.168. The summed E-state index contributed by atoms with van der Waals surface area (Å²) in [7, 11) is 3.21. The van der Waals surface area contributed by atoms with E-state index in [4.69, 9.17) is 19.9 Å². The summed E-state index contributed by atoms with van der Waals surface area (Å²) < 4.78 is 16.4. The Morgan fingerprint density at radius 1 is 1.04 bits per heavy atom. The number of aliphatic imine (C=N–C) groups is 1. The first-order chi connectivity index (χ1) is 12.8. The number of rotatable bonds is 7. The van der Waals surface area contributed by atoms with Gasteiger partial charge in [-0.05, 0) is 44.0 Å². The van der Waals surface area contributed by atoms with Crippen molar-refractivity contribution in [2.75, 3.05) is 19.5 Å². The van der Waals surface area contributed by atoms with Crippen LogP contribution in [-0.2, 0) is 17.9 Å². The molecular weight excluding hydrogens is 469 g/mol. The Kier molecular flexibility index (Phi) is 9.54. The van der Waals surface area contributed by atoms with Crippen LogP contribution in [0.15, 0.2) is 47.5 Å². The summed E-state index contributed by atoms with van der Waals surface area (Å²) in [6, 6.07) is 13.6. The van der Waals surface area contributed by atoms with Gasteiger partial charge in [-0.2, -0.15) is 0 Å². The molecular formula is C21H30IN3O3. The number of nitrogens with zero attached hydrogens (tertiary/aromatic N) is 1. The van der Waals surface area contributed by atoms with Crippen LogP contribution >= 0.6 is 24.0 Å². The summed E-state index contributed by atoms with van der Waals surface area (Å²) in [4.78, 5) is 4.42. The van der Waals surface area contributed by atoms with Gasteiger partial charge in [0, 0.05) is 6.07 Å². The third-order valence-electron chi connectivity index (χ3n) is 3.76. The Morgan fingerprint density at radius 3 is 2.39 bits per heavy atom. The lowest BCUT2D eigenvalue weighted by Gasteiger charge is -2.19. The highest BCUT2D eigenvalue weighted by atomic mass is 127. The molecule has 0 radical (unpaired) electrons. The van der Waals surface area contributed by atoms with Crippen molar-refractivity contribution in [1.82, 2.24) is 0 Å². The molecule has 0 saturated carbocycles. The molecule has 28 heavy (non-hydrogen) atoms. The molecule has 2 aromatic carbocycles. The Hall–Kier alpha value is -2.00. The van der Waals surface area contributed by atoms with E-state index in [2.05, 4.69) is 16.4 Å². The van der Waals surface area contributed by atoms with Crippen molar-refractivity contribution in [3.63, 3.8) is 0 Å². The van der Waals surface area contributed by atoms with Crippen molar-refractivity contribution in [3.05, 3.63) is 53.6 Å². The molecule has 0 fully saturated rings. The molecule has 0 amide bonds. The molecule has 154 valence electrons. The first-order valence-corrected chi connectivity index (χ1v) is 8.81. The fourth-order valence-electron chi connectivity index (χ4n) is 2.38. The average Bonchev–Trinajstić information content (AvgIpc) is 2.64. The summed E-state index contributed by atoms with van der Waals surface area (Å²) in [5.74, 6) is 1.67. The molecule has 7 heteroatoms. The van der Waals surface area contributed by atoms with E-state index in [1.165, 1.54) is 0 Å². The number of ether oxygens (including phenoxy) is 3. The molecule has 6 nitrogen and oxygen atoms in total. The number of hydrogen-bond donors (Lipinski definition) is 2. The predicted octanol–water partition coefficient (Wildman–Crippen LogP) is 4.56. The zero-order valence-electron chi connectivity index (χ0n) is 17.1. The predicted molar refractivity (Wildman–Crippen MR) is 125 cm³/mol. The van der Waals surface area contributed by atoms with Crippen LogP contribution in [0.1, 0.15) is 31.9 Å². The largest absolute Gasteiger partial charge is 0.497 e. The van der Waals surface area contributed by atoms with Gasteiger partial charge in [-0.25, -0.2) is 4.99 Å². The highest BCUT2D eigenvalue weighted by Gasteiger charge is 2.10. The van der Waals surface area contributed by atoms with Crippen LogP contribution in [0.4, 0.5) is 5.69 Å². The number of benzene rings is 2. The zero-order chi connectivity index (χ0) is 19.9. The third-order valence-corrected chi connectivity index (χ3v) is 3.76. The zero-order valence-corrected chi connectivity index (χ0v) is 19.4. The Balaban J connectivity index is 0.00000392. The monoisotopic (exact) mass is 499 g/mol. The van der Waals surface area contributed by atoms with Gasteiger partial charge in [0.25, 0.3) is 0 Å². The van der Waals surface area contributed by atoms with E-state index < -0.39 is 0 Å². The standard InChI is InChI=1S/C21H29N3O3.HI/c1-21(2,3)27-14-16-8-6-7-15(11-16)13-23-20(22)24-18-12-17(25-4)9-10-19(18)26-5;/h6-12H,13-14H2,1-5H3,(H3,22,23,24);1H. The molecule has 0 aliphatic heterocycles. The second-order valence-electron chi connectivity index (χ2n) is 7.11. The van der Waals surface area contributed by atoms with Gasteiger partial charge < -0.3 is 25.3 Å². The summed E-state index contributed by atoms with van der Waals surface area (Å²) in [6.07, 6.45) is 0. The van der Waals surface area contributed by atoms with Crippen molar-refractivity contribution < 1.29 is 14.2 Å². The van der Waals surface area contributed by atoms with Crippen LogP contribution in [0.2, 0.25) is 0 Å². The molecule has 2 rings (SSSR count). The van der Waals surface area contributed by atoms with Crippen LogP contribution in [-0.4, -0.2) is 25.8 Å². The SMILES string of the molecule is COc1ccc(OC)c(NC(N)=NCc2cccc(COC(C)(C)C)c2)c1.I. The quantitative estimate of drug-likeness (QED) is 0.332. The van der Waals surface area contributed by atoms with E-state index in [-0.39, 0.29) is 29.6 Å². The Morgan fingerprint density at radius 2 is 1.75 bits per heavy atom. The smallest absolute Gasteiger partial charge is 0.193 e. The number of nitrogens with two attached hydrogens (primary N) is 1. The van der Waals surface area contributed by atoms with Crippen molar-refractivity contribution in [2.24, 2.45) is 10.7 Å². The molecule has 0 aromatic heterocycles. The second kappa shape index (κ2) is 11.1. The van der Waals surface area contributed by atoms with Crippen molar-refractivity contribution >= 4 is 35.6 Å². The van der Waals surface area contributed by atoms with Crippen molar-refractivity contribution in [1.29, 1.82) is 0 Å².